The van der Waals surface area contributed by atoms with E-state index >= 15 is 0 Å². The van der Waals surface area contributed by atoms with E-state index in [-0.39, 0.29) is 17.4 Å². The normalized spacial score (nSPS) is 10.3. The van der Waals surface area contributed by atoms with Crippen LogP contribution in [0.1, 0.15) is 16.2 Å². The lowest BCUT2D eigenvalue weighted by Crippen LogP contribution is -2.09. The largest absolute Gasteiger partial charge is 0.285 e. The van der Waals surface area contributed by atoms with Crippen molar-refractivity contribution in [2.24, 2.45) is 7.05 Å². The minimum atomic E-state index is -0.386. The first-order valence-corrected chi connectivity index (χ1v) is 4.21. The highest BCUT2D eigenvalue weighted by Crippen LogP contribution is 2.07. The number of aromatic nitrogens is 4. The molecule has 0 aliphatic heterocycles. The van der Waals surface area contributed by atoms with Crippen molar-refractivity contribution < 1.29 is 9.18 Å². The molecule has 0 saturated carbocycles. The van der Waals surface area contributed by atoms with Gasteiger partial charge in [0, 0.05) is 12.6 Å². The summed E-state index contributed by atoms with van der Waals surface area (Å²) in [5.41, 5.74) is 0.356. The molecule has 0 radical (unpaired) electrons. The number of ketones is 1. The maximum absolute atomic E-state index is 12.6. The molecule has 15 heavy (non-hydrogen) atoms. The molecule has 0 aliphatic rings. The summed E-state index contributed by atoms with van der Waals surface area (Å²) in [5.74, 6) is -0.591. The third-order valence-electron chi connectivity index (χ3n) is 1.93. The quantitative estimate of drug-likeness (QED) is 0.674. The summed E-state index contributed by atoms with van der Waals surface area (Å²) >= 11 is 0. The molecule has 2 rings (SSSR count). The summed E-state index contributed by atoms with van der Waals surface area (Å²) < 4.78 is 13.9. The van der Waals surface area contributed by atoms with Crippen molar-refractivity contribution in [2.45, 2.75) is 0 Å². The van der Waals surface area contributed by atoms with Crippen LogP contribution in [0.25, 0.3) is 0 Å². The Morgan fingerprint density at radius 1 is 1.33 bits per heavy atom. The summed E-state index contributed by atoms with van der Waals surface area (Å²) in [6.07, 6.45) is 0. The van der Waals surface area contributed by atoms with Gasteiger partial charge in [0.25, 0.3) is 0 Å². The van der Waals surface area contributed by atoms with Crippen LogP contribution in [-0.4, -0.2) is 26.0 Å². The van der Waals surface area contributed by atoms with Crippen LogP contribution in [0.2, 0.25) is 0 Å². The Kier molecular flexibility index (Phi) is 2.24. The van der Waals surface area contributed by atoms with E-state index in [0.717, 1.165) is 0 Å². The number of halogens is 1. The van der Waals surface area contributed by atoms with Gasteiger partial charge in [0.2, 0.25) is 11.6 Å². The molecule has 0 saturated heterocycles. The van der Waals surface area contributed by atoms with Crippen molar-refractivity contribution in [3.05, 3.63) is 41.5 Å². The van der Waals surface area contributed by atoms with Gasteiger partial charge in [0.15, 0.2) is 0 Å². The Labute approximate surface area is 84.5 Å². The van der Waals surface area contributed by atoms with Gasteiger partial charge in [-0.05, 0) is 34.7 Å². The van der Waals surface area contributed by atoms with Gasteiger partial charge in [-0.15, -0.1) is 5.10 Å². The van der Waals surface area contributed by atoms with Crippen molar-refractivity contribution in [3.8, 4) is 0 Å². The van der Waals surface area contributed by atoms with E-state index in [1.807, 2.05) is 0 Å². The SMILES string of the molecule is Cn1nnnc1C(=O)c1ccc(F)cc1. The number of benzene rings is 1. The second-order valence-electron chi connectivity index (χ2n) is 2.96. The van der Waals surface area contributed by atoms with E-state index in [2.05, 4.69) is 15.5 Å². The van der Waals surface area contributed by atoms with E-state index in [0.29, 0.717) is 5.56 Å². The molecule has 0 N–H and O–H groups in total. The predicted octanol–water partition coefficient (Wildman–Crippen LogP) is 0.580. The van der Waals surface area contributed by atoms with Gasteiger partial charge in [-0.1, -0.05) is 0 Å². The van der Waals surface area contributed by atoms with Gasteiger partial charge < -0.3 is 0 Å². The topological polar surface area (TPSA) is 60.7 Å². The molecule has 0 fully saturated rings. The summed E-state index contributed by atoms with van der Waals surface area (Å²) in [4.78, 5) is 11.8. The summed E-state index contributed by atoms with van der Waals surface area (Å²) in [7, 11) is 1.57. The lowest BCUT2D eigenvalue weighted by Gasteiger charge is -1.98. The third-order valence-corrected chi connectivity index (χ3v) is 1.93. The fourth-order valence-corrected chi connectivity index (χ4v) is 1.15. The maximum Gasteiger partial charge on any atom is 0.231 e. The molecule has 1 heterocycles. The monoisotopic (exact) mass is 206 g/mol. The smallest absolute Gasteiger partial charge is 0.231 e. The zero-order valence-corrected chi connectivity index (χ0v) is 7.88. The van der Waals surface area contributed by atoms with Gasteiger partial charge >= 0.3 is 0 Å². The van der Waals surface area contributed by atoms with E-state index in [9.17, 15) is 9.18 Å². The molecule has 0 aliphatic carbocycles. The standard InChI is InChI=1S/C9H7FN4O/c1-14-9(11-12-13-14)8(15)6-2-4-7(10)5-3-6/h2-5H,1H3. The summed E-state index contributed by atoms with van der Waals surface area (Å²) in [5, 5.41) is 10.5. The van der Waals surface area contributed by atoms with Gasteiger partial charge in [0.1, 0.15) is 5.82 Å². The number of carbonyl (C=O) groups is 1. The van der Waals surface area contributed by atoms with E-state index < -0.39 is 0 Å². The highest BCUT2D eigenvalue weighted by molar-refractivity contribution is 6.06. The van der Waals surface area contributed by atoms with Crippen molar-refractivity contribution in [2.75, 3.05) is 0 Å². The van der Waals surface area contributed by atoms with Crippen LogP contribution in [0, 0.1) is 5.82 Å². The molecule has 0 spiro atoms. The van der Waals surface area contributed by atoms with Gasteiger partial charge in [0.05, 0.1) is 0 Å². The zero-order valence-electron chi connectivity index (χ0n) is 7.88. The third kappa shape index (κ3) is 1.74. The van der Waals surface area contributed by atoms with Crippen LogP contribution in [0.15, 0.2) is 24.3 Å². The van der Waals surface area contributed by atoms with Crippen molar-refractivity contribution in [3.63, 3.8) is 0 Å². The van der Waals surface area contributed by atoms with Gasteiger partial charge in [-0.25, -0.2) is 9.07 Å². The molecule has 1 aromatic carbocycles. The minimum absolute atomic E-state index is 0.126. The average molecular weight is 206 g/mol. The van der Waals surface area contributed by atoms with E-state index in [1.54, 1.807) is 7.05 Å². The van der Waals surface area contributed by atoms with Crippen LogP contribution in [0.5, 0.6) is 0 Å². The van der Waals surface area contributed by atoms with Crippen LogP contribution in [0.4, 0.5) is 4.39 Å². The maximum atomic E-state index is 12.6. The number of carbonyl (C=O) groups excluding carboxylic acids is 1. The van der Waals surface area contributed by atoms with Crippen LogP contribution >= 0.6 is 0 Å². The lowest BCUT2D eigenvalue weighted by atomic mass is 10.1. The number of nitrogens with zero attached hydrogens (tertiary/aromatic N) is 4. The molecule has 1 aromatic heterocycles. The number of tetrazole rings is 1. The Bertz CT molecular complexity index is 491. The molecule has 6 heteroatoms. The first-order chi connectivity index (χ1) is 7.18. The highest BCUT2D eigenvalue weighted by atomic mass is 19.1. The molecule has 0 bridgehead atoms. The first kappa shape index (κ1) is 9.45. The second kappa shape index (κ2) is 3.56. The number of hydrogen-bond acceptors (Lipinski definition) is 4. The van der Waals surface area contributed by atoms with Crippen LogP contribution in [-0.2, 0) is 7.05 Å². The fraction of sp³-hybridized carbons (Fsp3) is 0.111. The van der Waals surface area contributed by atoms with Gasteiger partial charge in [-0.2, -0.15) is 0 Å². The predicted molar refractivity (Wildman–Crippen MR) is 48.6 cm³/mol. The molecule has 0 unspecified atom stereocenters. The van der Waals surface area contributed by atoms with Crippen molar-refractivity contribution in [1.82, 2.24) is 20.2 Å². The fourth-order valence-electron chi connectivity index (χ4n) is 1.15. The molecular formula is C9H7FN4O. The number of rotatable bonds is 2. The Morgan fingerprint density at radius 2 is 2.00 bits per heavy atom. The summed E-state index contributed by atoms with van der Waals surface area (Å²) in [6.45, 7) is 0. The lowest BCUT2D eigenvalue weighted by molar-refractivity contribution is 0.102. The molecule has 76 valence electrons. The molecular weight excluding hydrogens is 199 g/mol. The van der Waals surface area contributed by atoms with Crippen LogP contribution < -0.4 is 0 Å². The Hall–Kier alpha value is -2.11. The molecule has 0 amide bonds. The molecule has 2 aromatic rings. The van der Waals surface area contributed by atoms with E-state index in [4.69, 9.17) is 0 Å². The van der Waals surface area contributed by atoms with Crippen LogP contribution in [0.3, 0.4) is 0 Å². The second-order valence-corrected chi connectivity index (χ2v) is 2.96. The Balaban J connectivity index is 2.37. The minimum Gasteiger partial charge on any atom is -0.285 e. The van der Waals surface area contributed by atoms with Crippen molar-refractivity contribution in [1.29, 1.82) is 0 Å². The van der Waals surface area contributed by atoms with Gasteiger partial charge in [-0.3, -0.25) is 4.79 Å². The summed E-state index contributed by atoms with van der Waals surface area (Å²) in [6, 6.07) is 5.23. The Morgan fingerprint density at radius 3 is 2.53 bits per heavy atom. The molecule has 0 atom stereocenters. The first-order valence-electron chi connectivity index (χ1n) is 4.21. The van der Waals surface area contributed by atoms with Crippen molar-refractivity contribution >= 4 is 5.78 Å². The van der Waals surface area contributed by atoms with E-state index in [1.165, 1.54) is 28.9 Å². The number of hydrogen-bond donors (Lipinski definition) is 0. The average Bonchev–Trinajstić information content (AvgIpc) is 2.65. The molecule has 5 nitrogen and oxygen atoms in total. The highest BCUT2D eigenvalue weighted by Gasteiger charge is 2.15. The number of aryl methyl sites for hydroxylation is 1. The zero-order chi connectivity index (χ0) is 10.8.